The summed E-state index contributed by atoms with van der Waals surface area (Å²) in [4.78, 5) is 2.63. The molecule has 102 valence electrons. The maximum atomic E-state index is 5.38. The second-order valence-corrected chi connectivity index (χ2v) is 5.25. The number of rotatable bonds is 11. The summed E-state index contributed by atoms with van der Waals surface area (Å²) in [5.41, 5.74) is 0. The van der Waals surface area contributed by atoms with Crippen LogP contribution in [-0.2, 0) is 4.74 Å². The molecule has 1 rings (SSSR count). The molecular formula is C14H30N2O. The van der Waals surface area contributed by atoms with E-state index >= 15 is 0 Å². The molecule has 0 amide bonds. The van der Waals surface area contributed by atoms with E-state index in [1.807, 2.05) is 7.11 Å². The standard InChI is InChI=1S/C14H30N2O/c1-4-8-15-10-14(12-17-3)16(9-5-2)11-13-6-7-13/h13-15H,4-12H2,1-3H3. The van der Waals surface area contributed by atoms with Crippen LogP contribution in [-0.4, -0.2) is 50.8 Å². The maximum Gasteiger partial charge on any atom is 0.0630 e. The Morgan fingerprint density at radius 1 is 1.29 bits per heavy atom. The molecule has 0 spiro atoms. The predicted octanol–water partition coefficient (Wildman–Crippen LogP) is 2.12. The number of hydrogen-bond donors (Lipinski definition) is 1. The first kappa shape index (κ1) is 14.9. The van der Waals surface area contributed by atoms with E-state index in [1.54, 1.807) is 0 Å². The maximum absolute atomic E-state index is 5.38. The van der Waals surface area contributed by atoms with E-state index in [1.165, 1.54) is 38.8 Å². The van der Waals surface area contributed by atoms with Gasteiger partial charge in [0.15, 0.2) is 0 Å². The molecule has 0 saturated heterocycles. The predicted molar refractivity (Wildman–Crippen MR) is 73.4 cm³/mol. The molecule has 0 heterocycles. The van der Waals surface area contributed by atoms with E-state index in [0.717, 1.165) is 25.6 Å². The van der Waals surface area contributed by atoms with E-state index in [-0.39, 0.29) is 0 Å². The van der Waals surface area contributed by atoms with Gasteiger partial charge in [0, 0.05) is 26.2 Å². The highest BCUT2D eigenvalue weighted by atomic mass is 16.5. The molecule has 17 heavy (non-hydrogen) atoms. The molecule has 1 fully saturated rings. The minimum absolute atomic E-state index is 0.548. The summed E-state index contributed by atoms with van der Waals surface area (Å²) in [5, 5.41) is 3.53. The summed E-state index contributed by atoms with van der Waals surface area (Å²) >= 11 is 0. The third kappa shape index (κ3) is 6.39. The Labute approximate surface area is 107 Å². The quantitative estimate of drug-likeness (QED) is 0.562. The SMILES string of the molecule is CCCNCC(COC)N(CCC)CC1CC1. The lowest BCUT2D eigenvalue weighted by Crippen LogP contribution is -2.46. The zero-order chi connectivity index (χ0) is 12.5. The first-order valence-corrected chi connectivity index (χ1v) is 7.25. The number of nitrogens with zero attached hydrogens (tertiary/aromatic N) is 1. The van der Waals surface area contributed by atoms with E-state index < -0.39 is 0 Å². The molecule has 0 bridgehead atoms. The van der Waals surface area contributed by atoms with Crippen LogP contribution in [0.3, 0.4) is 0 Å². The van der Waals surface area contributed by atoms with Gasteiger partial charge in [-0.1, -0.05) is 13.8 Å². The summed E-state index contributed by atoms with van der Waals surface area (Å²) in [6, 6.07) is 0.548. The zero-order valence-corrected chi connectivity index (χ0v) is 11.9. The first-order valence-electron chi connectivity index (χ1n) is 7.25. The van der Waals surface area contributed by atoms with Crippen LogP contribution >= 0.6 is 0 Å². The number of hydrogen-bond acceptors (Lipinski definition) is 3. The second kappa shape index (κ2) is 8.90. The van der Waals surface area contributed by atoms with Crippen molar-refractivity contribution in [2.75, 3.05) is 39.9 Å². The Morgan fingerprint density at radius 3 is 2.59 bits per heavy atom. The minimum Gasteiger partial charge on any atom is -0.383 e. The average molecular weight is 242 g/mol. The highest BCUT2D eigenvalue weighted by Crippen LogP contribution is 2.30. The van der Waals surface area contributed by atoms with Gasteiger partial charge >= 0.3 is 0 Å². The zero-order valence-electron chi connectivity index (χ0n) is 11.9. The number of ether oxygens (including phenoxy) is 1. The van der Waals surface area contributed by atoms with Crippen molar-refractivity contribution in [3.05, 3.63) is 0 Å². The van der Waals surface area contributed by atoms with Crippen LogP contribution in [0.2, 0.25) is 0 Å². The lowest BCUT2D eigenvalue weighted by Gasteiger charge is -2.31. The van der Waals surface area contributed by atoms with Crippen LogP contribution in [0.15, 0.2) is 0 Å². The van der Waals surface area contributed by atoms with Gasteiger partial charge in [0.25, 0.3) is 0 Å². The molecule has 1 atom stereocenters. The Kier molecular flexibility index (Phi) is 7.82. The van der Waals surface area contributed by atoms with Crippen LogP contribution in [0.5, 0.6) is 0 Å². The highest BCUT2D eigenvalue weighted by Gasteiger charge is 2.27. The van der Waals surface area contributed by atoms with Crippen molar-refractivity contribution in [2.24, 2.45) is 5.92 Å². The van der Waals surface area contributed by atoms with Crippen molar-refractivity contribution in [1.82, 2.24) is 10.2 Å². The normalized spacial score (nSPS) is 17.6. The molecule has 1 aliphatic rings. The van der Waals surface area contributed by atoms with Crippen molar-refractivity contribution in [3.63, 3.8) is 0 Å². The molecule has 0 aromatic heterocycles. The molecule has 1 N–H and O–H groups in total. The summed E-state index contributed by atoms with van der Waals surface area (Å²) < 4.78 is 5.38. The monoisotopic (exact) mass is 242 g/mol. The summed E-state index contributed by atoms with van der Waals surface area (Å²) in [7, 11) is 1.81. The molecular weight excluding hydrogens is 212 g/mol. The van der Waals surface area contributed by atoms with Gasteiger partial charge in [-0.25, -0.2) is 0 Å². The molecule has 0 radical (unpaired) electrons. The molecule has 0 aromatic rings. The van der Waals surface area contributed by atoms with Crippen molar-refractivity contribution >= 4 is 0 Å². The average Bonchev–Trinajstić information content (AvgIpc) is 3.12. The second-order valence-electron chi connectivity index (χ2n) is 5.25. The van der Waals surface area contributed by atoms with Gasteiger partial charge in [0.05, 0.1) is 6.61 Å². The fraction of sp³-hybridized carbons (Fsp3) is 1.00. The Bertz CT molecular complexity index is 183. The van der Waals surface area contributed by atoms with E-state index in [9.17, 15) is 0 Å². The number of nitrogens with one attached hydrogen (secondary N) is 1. The lowest BCUT2D eigenvalue weighted by atomic mass is 10.2. The topological polar surface area (TPSA) is 24.5 Å². The summed E-state index contributed by atoms with van der Waals surface area (Å²) in [6.45, 7) is 9.99. The van der Waals surface area contributed by atoms with Gasteiger partial charge in [-0.2, -0.15) is 0 Å². The number of methoxy groups -OCH3 is 1. The van der Waals surface area contributed by atoms with Crippen LogP contribution in [0.25, 0.3) is 0 Å². The van der Waals surface area contributed by atoms with Crippen molar-refractivity contribution in [1.29, 1.82) is 0 Å². The van der Waals surface area contributed by atoms with E-state index in [4.69, 9.17) is 4.74 Å². The summed E-state index contributed by atoms with van der Waals surface area (Å²) in [6.07, 6.45) is 5.31. The molecule has 1 aliphatic carbocycles. The van der Waals surface area contributed by atoms with Crippen LogP contribution < -0.4 is 5.32 Å². The van der Waals surface area contributed by atoms with Gasteiger partial charge in [0.1, 0.15) is 0 Å². The van der Waals surface area contributed by atoms with Crippen LogP contribution in [0.4, 0.5) is 0 Å². The highest BCUT2D eigenvalue weighted by molar-refractivity contribution is 4.82. The Morgan fingerprint density at radius 2 is 2.06 bits per heavy atom. The molecule has 0 aromatic carbocycles. The van der Waals surface area contributed by atoms with Crippen LogP contribution in [0.1, 0.15) is 39.5 Å². The molecule has 1 unspecified atom stereocenters. The first-order chi connectivity index (χ1) is 8.31. The van der Waals surface area contributed by atoms with E-state index in [0.29, 0.717) is 6.04 Å². The van der Waals surface area contributed by atoms with E-state index in [2.05, 4.69) is 24.1 Å². The summed E-state index contributed by atoms with van der Waals surface area (Å²) in [5.74, 6) is 0.965. The largest absolute Gasteiger partial charge is 0.383 e. The fourth-order valence-electron chi connectivity index (χ4n) is 2.27. The molecule has 0 aliphatic heterocycles. The molecule has 1 saturated carbocycles. The smallest absolute Gasteiger partial charge is 0.0630 e. The van der Waals surface area contributed by atoms with Gasteiger partial charge < -0.3 is 10.1 Å². The van der Waals surface area contributed by atoms with Crippen molar-refractivity contribution in [3.8, 4) is 0 Å². The Hall–Kier alpha value is -0.120. The van der Waals surface area contributed by atoms with Crippen LogP contribution in [0, 0.1) is 5.92 Å². The Balaban J connectivity index is 2.36. The van der Waals surface area contributed by atoms with Gasteiger partial charge in [-0.3, -0.25) is 4.90 Å². The van der Waals surface area contributed by atoms with Crippen molar-refractivity contribution < 1.29 is 4.74 Å². The van der Waals surface area contributed by atoms with Gasteiger partial charge in [-0.15, -0.1) is 0 Å². The van der Waals surface area contributed by atoms with Gasteiger partial charge in [0.2, 0.25) is 0 Å². The third-order valence-corrected chi connectivity index (χ3v) is 3.38. The lowest BCUT2D eigenvalue weighted by molar-refractivity contribution is 0.0858. The molecule has 3 nitrogen and oxygen atoms in total. The van der Waals surface area contributed by atoms with Gasteiger partial charge in [-0.05, 0) is 44.7 Å². The fourth-order valence-corrected chi connectivity index (χ4v) is 2.27. The molecule has 3 heteroatoms. The van der Waals surface area contributed by atoms with Crippen molar-refractivity contribution in [2.45, 2.75) is 45.6 Å². The minimum atomic E-state index is 0.548. The third-order valence-electron chi connectivity index (χ3n) is 3.38.